The van der Waals surface area contributed by atoms with Crippen LogP contribution < -0.4 is 5.73 Å². The van der Waals surface area contributed by atoms with Gasteiger partial charge in [-0.2, -0.15) is 0 Å². The molecule has 2 atom stereocenters. The second-order valence-electron chi connectivity index (χ2n) is 10.4. The maximum absolute atomic E-state index is 12.8. The quantitative estimate of drug-likeness (QED) is 0.0646. The second-order valence-corrected chi connectivity index (χ2v) is 11.4. The Kier molecular flexibility index (Phi) is 13.0. The lowest BCUT2D eigenvalue weighted by atomic mass is 9.73. The normalized spacial score (nSPS) is 13.2. The molecule has 0 amide bonds. The van der Waals surface area contributed by atoms with Gasteiger partial charge in [0.2, 0.25) is 11.6 Å². The van der Waals surface area contributed by atoms with Gasteiger partial charge in [0.15, 0.2) is 0 Å². The number of Topliss-reactive ketones (excluding diaryl/α,β-unsaturated/α-hetero) is 2. The fourth-order valence-corrected chi connectivity index (χ4v) is 5.18. The molecular weight excluding hydrogens is 614 g/mol. The maximum atomic E-state index is 12.8. The van der Waals surface area contributed by atoms with E-state index in [0.717, 1.165) is 48.7 Å². The van der Waals surface area contributed by atoms with Gasteiger partial charge in [-0.3, -0.25) is 9.59 Å². The van der Waals surface area contributed by atoms with Gasteiger partial charge in [-0.05, 0) is 44.5 Å². The first-order valence-electron chi connectivity index (χ1n) is 13.9. The van der Waals surface area contributed by atoms with Crippen LogP contribution in [0.5, 0.6) is 0 Å². The Morgan fingerprint density at radius 2 is 1.22 bits per heavy atom. The van der Waals surface area contributed by atoms with Gasteiger partial charge in [0.05, 0.1) is 6.33 Å². The average molecular weight is 652 g/mol. The number of aryl methyl sites for hydroxylation is 3. The van der Waals surface area contributed by atoms with E-state index < -0.39 is 34.7 Å². The first kappa shape index (κ1) is 37.4. The SMILES string of the molecule is CCCn1cncc1CSc1ccc(N)cc1.Cc1ccc(C(=O)[C@@](O)(C(=O)O)[C@](O)(C(=O)O)C(=O)c2ccc(C)cc2)cc1.O. The highest BCUT2D eigenvalue weighted by Crippen LogP contribution is 2.32. The van der Waals surface area contributed by atoms with E-state index in [2.05, 4.69) is 28.6 Å². The van der Waals surface area contributed by atoms with Crippen LogP contribution in [0.1, 0.15) is 50.9 Å². The number of imidazole rings is 1. The smallest absolute Gasteiger partial charge is 0.348 e. The van der Waals surface area contributed by atoms with E-state index in [1.165, 1.54) is 34.9 Å². The van der Waals surface area contributed by atoms with Crippen LogP contribution in [0.25, 0.3) is 0 Å². The van der Waals surface area contributed by atoms with Crippen LogP contribution in [0.15, 0.2) is 90.2 Å². The summed E-state index contributed by atoms with van der Waals surface area (Å²) < 4.78 is 2.21. The summed E-state index contributed by atoms with van der Waals surface area (Å²) in [6.07, 6.45) is 4.98. The highest BCUT2D eigenvalue weighted by Gasteiger charge is 2.69. The Hall–Kier alpha value is -4.82. The molecule has 1 aromatic heterocycles. The molecule has 0 fully saturated rings. The van der Waals surface area contributed by atoms with Crippen LogP contribution >= 0.6 is 11.8 Å². The highest BCUT2D eigenvalue weighted by molar-refractivity contribution is 7.98. The van der Waals surface area contributed by atoms with Crippen LogP contribution in [-0.2, 0) is 21.9 Å². The zero-order valence-electron chi connectivity index (χ0n) is 25.5. The van der Waals surface area contributed by atoms with Crippen molar-refractivity contribution in [3.63, 3.8) is 0 Å². The predicted octanol–water partition coefficient (Wildman–Crippen LogP) is 3.34. The van der Waals surface area contributed by atoms with Gasteiger partial charge < -0.3 is 36.2 Å². The van der Waals surface area contributed by atoms with Crippen molar-refractivity contribution in [2.45, 2.75) is 55.6 Å². The van der Waals surface area contributed by atoms with Crippen molar-refractivity contribution in [3.8, 4) is 0 Å². The third-order valence-corrected chi connectivity index (χ3v) is 8.00. The van der Waals surface area contributed by atoms with E-state index >= 15 is 0 Å². The van der Waals surface area contributed by atoms with Gasteiger partial charge in [0, 0.05) is 45.9 Å². The topological polar surface area (TPSA) is 225 Å². The molecule has 4 aromatic rings. The largest absolute Gasteiger partial charge is 0.479 e. The fraction of sp³-hybridized carbons (Fsp3) is 0.242. The zero-order valence-corrected chi connectivity index (χ0v) is 26.3. The van der Waals surface area contributed by atoms with Gasteiger partial charge >= 0.3 is 11.9 Å². The molecule has 0 aliphatic rings. The van der Waals surface area contributed by atoms with Gasteiger partial charge in [-0.25, -0.2) is 14.6 Å². The van der Waals surface area contributed by atoms with Crippen molar-refractivity contribution in [1.82, 2.24) is 9.55 Å². The van der Waals surface area contributed by atoms with Crippen molar-refractivity contribution in [2.75, 3.05) is 5.73 Å². The lowest BCUT2D eigenvalue weighted by Crippen LogP contribution is -2.71. The second kappa shape index (κ2) is 16.0. The standard InChI is InChI=1S/C20H18O8.C13H17N3S.H2O/c1-11-3-7-13(8-4-11)15(21)19(27,17(23)24)20(28,18(25)26)16(22)14-9-5-12(2)6-10-14;1-2-7-16-10-15-8-12(16)9-17-13-5-3-11(14)4-6-13;/h3-10,27-28H,1-2H3,(H,23,24)(H,25,26);3-6,8,10H,2,7,9,14H2,1H3;1H2/t19-,20-;;/m1../s1. The third kappa shape index (κ3) is 8.06. The summed E-state index contributed by atoms with van der Waals surface area (Å²) in [6.45, 7) is 6.59. The number of rotatable bonds is 12. The molecule has 244 valence electrons. The molecule has 8 N–H and O–H groups in total. The van der Waals surface area contributed by atoms with Crippen LogP contribution in [0, 0.1) is 13.8 Å². The van der Waals surface area contributed by atoms with Crippen LogP contribution in [0.2, 0.25) is 0 Å². The van der Waals surface area contributed by atoms with Gasteiger partial charge in [-0.1, -0.05) is 66.6 Å². The molecule has 0 aliphatic heterocycles. The summed E-state index contributed by atoms with van der Waals surface area (Å²) in [6, 6.07) is 18.3. The van der Waals surface area contributed by atoms with E-state index in [1.54, 1.807) is 13.8 Å². The number of carbonyl (C=O) groups is 4. The van der Waals surface area contributed by atoms with Crippen LogP contribution in [-0.4, -0.2) is 70.2 Å². The molecule has 0 radical (unpaired) electrons. The Morgan fingerprint density at radius 3 is 1.61 bits per heavy atom. The minimum atomic E-state index is -3.96. The number of carbonyl (C=O) groups excluding carboxylic acids is 2. The number of aromatic nitrogens is 2. The predicted molar refractivity (Wildman–Crippen MR) is 173 cm³/mol. The van der Waals surface area contributed by atoms with Gasteiger partial charge in [0.1, 0.15) is 0 Å². The van der Waals surface area contributed by atoms with E-state index in [4.69, 9.17) is 5.73 Å². The minimum Gasteiger partial charge on any atom is -0.479 e. The molecule has 0 saturated heterocycles. The molecule has 46 heavy (non-hydrogen) atoms. The number of benzene rings is 3. The molecule has 12 nitrogen and oxygen atoms in total. The summed E-state index contributed by atoms with van der Waals surface area (Å²) in [5.41, 5.74) is 0.467. The number of carboxylic acids is 2. The number of hydrogen-bond donors (Lipinski definition) is 5. The molecule has 0 saturated carbocycles. The molecule has 4 rings (SSSR count). The van der Waals surface area contributed by atoms with Crippen molar-refractivity contribution < 1.29 is 45.1 Å². The van der Waals surface area contributed by atoms with Gasteiger partial charge in [0.25, 0.3) is 11.2 Å². The Labute approximate surface area is 269 Å². The number of thioether (sulfide) groups is 1. The lowest BCUT2D eigenvalue weighted by molar-refractivity contribution is -0.187. The van der Waals surface area contributed by atoms with Crippen molar-refractivity contribution >= 4 is 41.0 Å². The zero-order chi connectivity index (χ0) is 33.4. The fourth-order valence-electron chi connectivity index (χ4n) is 4.29. The molecule has 0 unspecified atom stereocenters. The number of nitrogens with two attached hydrogens (primary N) is 1. The monoisotopic (exact) mass is 651 g/mol. The summed E-state index contributed by atoms with van der Waals surface area (Å²) in [5.74, 6) is -7.06. The van der Waals surface area contributed by atoms with Crippen LogP contribution in [0.3, 0.4) is 0 Å². The number of nitrogen functional groups attached to an aromatic ring is 1. The number of anilines is 1. The molecule has 3 aromatic carbocycles. The Balaban J connectivity index is 0.000000350. The van der Waals surface area contributed by atoms with Crippen molar-refractivity contribution in [1.29, 1.82) is 0 Å². The molecule has 1 heterocycles. The summed E-state index contributed by atoms with van der Waals surface area (Å²) in [5, 5.41) is 40.3. The molecule has 0 aliphatic carbocycles. The van der Waals surface area contributed by atoms with Crippen LogP contribution in [0.4, 0.5) is 5.69 Å². The summed E-state index contributed by atoms with van der Waals surface area (Å²) >= 11 is 1.81. The molecule has 13 heteroatoms. The Morgan fingerprint density at radius 1 is 0.783 bits per heavy atom. The van der Waals surface area contributed by atoms with Gasteiger partial charge in [-0.15, -0.1) is 11.8 Å². The molecule has 0 bridgehead atoms. The summed E-state index contributed by atoms with van der Waals surface area (Å²) in [7, 11) is 0. The Bertz CT molecular complexity index is 1580. The molecular formula is C33H37N3O9S. The average Bonchev–Trinajstić information content (AvgIpc) is 3.47. The number of ketones is 2. The maximum Gasteiger partial charge on any atom is 0.348 e. The number of aliphatic hydroxyl groups is 2. The van der Waals surface area contributed by atoms with Crippen molar-refractivity contribution in [2.24, 2.45) is 0 Å². The minimum absolute atomic E-state index is 0. The van der Waals surface area contributed by atoms with E-state index in [0.29, 0.717) is 11.1 Å². The number of nitrogens with zero attached hydrogens (tertiary/aromatic N) is 2. The van der Waals surface area contributed by atoms with E-state index in [-0.39, 0.29) is 16.6 Å². The number of hydrogen-bond acceptors (Lipinski definition) is 9. The van der Waals surface area contributed by atoms with E-state index in [9.17, 15) is 39.6 Å². The highest BCUT2D eigenvalue weighted by atomic mass is 32.2. The van der Waals surface area contributed by atoms with Crippen molar-refractivity contribution in [3.05, 3.63) is 113 Å². The third-order valence-electron chi connectivity index (χ3n) is 6.96. The number of carboxylic acid groups (broad SMARTS) is 2. The molecule has 0 spiro atoms. The lowest BCUT2D eigenvalue weighted by Gasteiger charge is -2.34. The van der Waals surface area contributed by atoms with E-state index in [1.807, 2.05) is 36.4 Å². The first-order chi connectivity index (χ1) is 21.2. The number of aliphatic carboxylic acids is 2. The first-order valence-corrected chi connectivity index (χ1v) is 14.9. The summed E-state index contributed by atoms with van der Waals surface area (Å²) in [4.78, 5) is 54.5.